The minimum atomic E-state index is -0.0542. The molecule has 0 saturated heterocycles. The Balaban J connectivity index is 1.99. The summed E-state index contributed by atoms with van der Waals surface area (Å²) in [6.45, 7) is 0. The molecule has 98 valence electrons. The van der Waals surface area contributed by atoms with E-state index in [2.05, 4.69) is 9.97 Å². The van der Waals surface area contributed by atoms with Gasteiger partial charge in [-0.3, -0.25) is 9.78 Å². The smallest absolute Gasteiger partial charge is 0.186 e. The van der Waals surface area contributed by atoms with Gasteiger partial charge in [-0.25, -0.2) is 4.98 Å². The number of aromatic nitrogens is 2. The van der Waals surface area contributed by atoms with Gasteiger partial charge in [-0.1, -0.05) is 30.3 Å². The number of nitrogens with two attached hydrogens (primary N) is 1. The highest BCUT2D eigenvalue weighted by atomic mass is 16.1. The highest BCUT2D eigenvalue weighted by molar-refractivity contribution is 6.07. The Labute approximate surface area is 116 Å². The number of carbonyl (C=O) groups is 1. The Morgan fingerprint density at radius 1 is 1.00 bits per heavy atom. The van der Waals surface area contributed by atoms with Crippen LogP contribution in [0.15, 0.2) is 54.9 Å². The van der Waals surface area contributed by atoms with Gasteiger partial charge in [0.1, 0.15) is 11.5 Å². The Bertz CT molecular complexity index is 778. The van der Waals surface area contributed by atoms with Crippen molar-refractivity contribution in [3.63, 3.8) is 0 Å². The highest BCUT2D eigenvalue weighted by Crippen LogP contribution is 2.19. The number of rotatable bonds is 3. The van der Waals surface area contributed by atoms with Gasteiger partial charge in [0, 0.05) is 29.8 Å². The molecule has 0 saturated carbocycles. The average molecular weight is 263 g/mol. The Hall–Kier alpha value is -2.75. The van der Waals surface area contributed by atoms with Gasteiger partial charge in [0.2, 0.25) is 0 Å². The van der Waals surface area contributed by atoms with Gasteiger partial charge in [0.25, 0.3) is 0 Å². The first kappa shape index (κ1) is 12.3. The number of pyridine rings is 2. The number of benzene rings is 1. The molecule has 4 heteroatoms. The van der Waals surface area contributed by atoms with E-state index in [-0.39, 0.29) is 12.2 Å². The zero-order valence-electron chi connectivity index (χ0n) is 10.8. The molecule has 0 bridgehead atoms. The number of ketones is 1. The van der Waals surface area contributed by atoms with E-state index in [4.69, 9.17) is 5.73 Å². The summed E-state index contributed by atoms with van der Waals surface area (Å²) in [6.07, 6.45) is 3.47. The quantitative estimate of drug-likeness (QED) is 0.737. The molecule has 0 atom stereocenters. The van der Waals surface area contributed by atoms with Crippen molar-refractivity contribution in [2.24, 2.45) is 0 Å². The summed E-state index contributed by atoms with van der Waals surface area (Å²) in [4.78, 5) is 20.6. The average Bonchev–Trinajstić information content (AvgIpc) is 2.49. The molecule has 20 heavy (non-hydrogen) atoms. The first-order valence-corrected chi connectivity index (χ1v) is 6.32. The zero-order valence-corrected chi connectivity index (χ0v) is 10.8. The van der Waals surface area contributed by atoms with E-state index in [1.165, 1.54) is 0 Å². The Morgan fingerprint density at radius 2 is 1.85 bits per heavy atom. The van der Waals surface area contributed by atoms with E-state index in [1.54, 1.807) is 18.5 Å². The van der Waals surface area contributed by atoms with Crippen LogP contribution in [0.4, 0.5) is 5.82 Å². The van der Waals surface area contributed by atoms with Crippen LogP contribution in [0.5, 0.6) is 0 Å². The second-order valence-corrected chi connectivity index (χ2v) is 4.53. The lowest BCUT2D eigenvalue weighted by molar-refractivity contribution is 0.0990. The maximum atomic E-state index is 12.4. The molecule has 2 heterocycles. The largest absolute Gasteiger partial charge is 0.383 e. The molecule has 0 radical (unpaired) electrons. The van der Waals surface area contributed by atoms with Crippen molar-refractivity contribution in [1.29, 1.82) is 0 Å². The molecule has 2 N–H and O–H groups in total. The normalized spacial score (nSPS) is 10.6. The van der Waals surface area contributed by atoms with E-state index in [1.807, 2.05) is 36.4 Å². The fraction of sp³-hybridized carbons (Fsp3) is 0.0625. The van der Waals surface area contributed by atoms with Crippen LogP contribution < -0.4 is 5.73 Å². The van der Waals surface area contributed by atoms with Gasteiger partial charge >= 0.3 is 0 Å². The number of carbonyl (C=O) groups excluding carboxylic acids is 1. The lowest BCUT2D eigenvalue weighted by Gasteiger charge is -2.06. The lowest BCUT2D eigenvalue weighted by atomic mass is 10.0. The fourth-order valence-electron chi connectivity index (χ4n) is 2.20. The molecule has 3 aromatic rings. The molecule has 0 amide bonds. The van der Waals surface area contributed by atoms with Gasteiger partial charge in [-0.05, 0) is 17.5 Å². The topological polar surface area (TPSA) is 68.9 Å². The number of hydrogen-bond acceptors (Lipinski definition) is 4. The van der Waals surface area contributed by atoms with Crippen LogP contribution in [0.2, 0.25) is 0 Å². The number of hydrogen-bond donors (Lipinski definition) is 1. The highest BCUT2D eigenvalue weighted by Gasteiger charge is 2.13. The maximum Gasteiger partial charge on any atom is 0.186 e. The van der Waals surface area contributed by atoms with Crippen molar-refractivity contribution in [2.45, 2.75) is 6.42 Å². The molecule has 0 aliphatic rings. The van der Waals surface area contributed by atoms with Gasteiger partial charge in [0.15, 0.2) is 5.78 Å². The number of fused-ring (bicyclic) bond motifs is 1. The summed E-state index contributed by atoms with van der Waals surface area (Å²) in [6, 6.07) is 13.2. The molecule has 0 aliphatic heterocycles. The molecule has 0 unspecified atom stereocenters. The van der Waals surface area contributed by atoms with E-state index in [0.717, 1.165) is 16.3 Å². The first-order valence-electron chi connectivity index (χ1n) is 6.32. The van der Waals surface area contributed by atoms with E-state index in [9.17, 15) is 4.79 Å². The molecular formula is C16H13N3O. The lowest BCUT2D eigenvalue weighted by Crippen LogP contribution is -2.09. The predicted octanol–water partition coefficient (Wildman–Crippen LogP) is 2.64. The van der Waals surface area contributed by atoms with Gasteiger partial charge < -0.3 is 5.73 Å². The summed E-state index contributed by atoms with van der Waals surface area (Å²) in [5.74, 6) is 0.336. The van der Waals surface area contributed by atoms with Crippen LogP contribution in [-0.2, 0) is 6.42 Å². The molecular weight excluding hydrogens is 250 g/mol. The van der Waals surface area contributed by atoms with Crippen molar-refractivity contribution in [3.8, 4) is 0 Å². The van der Waals surface area contributed by atoms with Crippen molar-refractivity contribution < 1.29 is 4.79 Å². The number of nitrogen functional groups attached to an aromatic ring is 1. The minimum absolute atomic E-state index is 0.0542. The zero-order chi connectivity index (χ0) is 13.9. The predicted molar refractivity (Wildman–Crippen MR) is 78.4 cm³/mol. The third kappa shape index (κ3) is 2.23. The third-order valence-electron chi connectivity index (χ3n) is 3.21. The molecule has 2 aromatic heterocycles. The van der Waals surface area contributed by atoms with E-state index < -0.39 is 0 Å². The van der Waals surface area contributed by atoms with Crippen molar-refractivity contribution >= 4 is 22.4 Å². The number of nitrogens with zero attached hydrogens (tertiary/aromatic N) is 2. The summed E-state index contributed by atoms with van der Waals surface area (Å²) in [5.41, 5.74) is 6.98. The van der Waals surface area contributed by atoms with Crippen LogP contribution in [-0.4, -0.2) is 15.8 Å². The van der Waals surface area contributed by atoms with Crippen LogP contribution in [0.1, 0.15) is 16.1 Å². The molecule has 4 nitrogen and oxygen atoms in total. The molecule has 0 aliphatic carbocycles. The van der Waals surface area contributed by atoms with Gasteiger partial charge in [-0.15, -0.1) is 0 Å². The van der Waals surface area contributed by atoms with E-state index in [0.29, 0.717) is 11.5 Å². The monoisotopic (exact) mass is 263 g/mol. The van der Waals surface area contributed by atoms with Crippen LogP contribution >= 0.6 is 0 Å². The number of Topliss-reactive ketones (excluding diaryl/α,β-unsaturated/α-hetero) is 1. The number of anilines is 1. The van der Waals surface area contributed by atoms with E-state index >= 15 is 0 Å². The van der Waals surface area contributed by atoms with Crippen molar-refractivity contribution in [1.82, 2.24) is 9.97 Å². The van der Waals surface area contributed by atoms with Crippen LogP contribution in [0, 0.1) is 0 Å². The van der Waals surface area contributed by atoms with Crippen molar-refractivity contribution in [2.75, 3.05) is 5.73 Å². The molecule has 0 spiro atoms. The Kier molecular flexibility index (Phi) is 3.13. The van der Waals surface area contributed by atoms with Crippen LogP contribution in [0.25, 0.3) is 10.8 Å². The SMILES string of the molecule is Nc1ncccc1CC(=O)c1nccc2ccccc12. The standard InChI is InChI=1S/C16H13N3O/c17-16-12(5-3-8-19-16)10-14(20)15-13-6-2-1-4-11(13)7-9-18-15/h1-9H,10H2,(H2,17,19). The summed E-state index contributed by atoms with van der Waals surface area (Å²) < 4.78 is 0. The van der Waals surface area contributed by atoms with Crippen LogP contribution in [0.3, 0.4) is 0 Å². The summed E-state index contributed by atoms with van der Waals surface area (Å²) in [5, 5.41) is 1.87. The second-order valence-electron chi connectivity index (χ2n) is 4.53. The molecule has 3 rings (SSSR count). The third-order valence-corrected chi connectivity index (χ3v) is 3.21. The summed E-state index contributed by atoms with van der Waals surface area (Å²) >= 11 is 0. The van der Waals surface area contributed by atoms with Gasteiger partial charge in [0.05, 0.1) is 0 Å². The first-order chi connectivity index (χ1) is 9.75. The summed E-state index contributed by atoms with van der Waals surface area (Å²) in [7, 11) is 0. The Morgan fingerprint density at radius 3 is 2.70 bits per heavy atom. The second kappa shape index (κ2) is 5.09. The fourth-order valence-corrected chi connectivity index (χ4v) is 2.20. The van der Waals surface area contributed by atoms with Crippen molar-refractivity contribution in [3.05, 3.63) is 66.1 Å². The van der Waals surface area contributed by atoms with Gasteiger partial charge in [-0.2, -0.15) is 0 Å². The molecule has 0 fully saturated rings. The maximum absolute atomic E-state index is 12.4. The minimum Gasteiger partial charge on any atom is -0.383 e. The molecule has 1 aromatic carbocycles.